The van der Waals surface area contributed by atoms with Crippen molar-refractivity contribution in [3.63, 3.8) is 0 Å². The molecule has 0 bridgehead atoms. The van der Waals surface area contributed by atoms with Crippen molar-refractivity contribution in [1.29, 1.82) is 0 Å². The molecule has 3 rings (SSSR count). The minimum Gasteiger partial charge on any atom is -0.478 e. The van der Waals surface area contributed by atoms with Crippen LogP contribution < -0.4 is 5.32 Å². The van der Waals surface area contributed by atoms with Crippen LogP contribution in [0.4, 0.5) is 10.1 Å². The fourth-order valence-electron chi connectivity index (χ4n) is 2.32. The smallest absolute Gasteiger partial charge is 0.338 e. The molecule has 0 aliphatic rings. The maximum atomic E-state index is 13.8. The minimum absolute atomic E-state index is 0.201. The van der Waals surface area contributed by atoms with Gasteiger partial charge in [-0.3, -0.25) is 14.5 Å². The number of carbonyl (C=O) groups excluding carboxylic acids is 1. The van der Waals surface area contributed by atoms with Crippen LogP contribution in [-0.4, -0.2) is 31.7 Å². The molecular weight excluding hydrogens is 315 g/mol. The summed E-state index contributed by atoms with van der Waals surface area (Å²) in [5.74, 6) is -2.75. The third kappa shape index (κ3) is 2.69. The quantitative estimate of drug-likeness (QED) is 0.769. The van der Waals surface area contributed by atoms with E-state index in [1.165, 1.54) is 12.3 Å². The molecular formula is C16H13FN4O3. The van der Waals surface area contributed by atoms with Gasteiger partial charge < -0.3 is 10.4 Å². The molecule has 2 aromatic heterocycles. The first-order valence-corrected chi connectivity index (χ1v) is 6.99. The van der Waals surface area contributed by atoms with Crippen molar-refractivity contribution in [2.45, 2.75) is 6.92 Å². The molecule has 0 aliphatic carbocycles. The van der Waals surface area contributed by atoms with Crippen molar-refractivity contribution in [3.05, 3.63) is 53.1 Å². The number of rotatable bonds is 3. The number of pyridine rings is 1. The first kappa shape index (κ1) is 15.6. The Kier molecular flexibility index (Phi) is 3.72. The molecule has 0 saturated heterocycles. The summed E-state index contributed by atoms with van der Waals surface area (Å²) >= 11 is 0. The van der Waals surface area contributed by atoms with Crippen LogP contribution in [0, 0.1) is 12.7 Å². The Labute approximate surface area is 135 Å². The zero-order chi connectivity index (χ0) is 17.4. The molecule has 7 nitrogen and oxygen atoms in total. The lowest BCUT2D eigenvalue weighted by atomic mass is 10.1. The number of carbonyl (C=O) groups is 2. The van der Waals surface area contributed by atoms with Gasteiger partial charge in [-0.05, 0) is 30.7 Å². The molecule has 0 unspecified atom stereocenters. The van der Waals surface area contributed by atoms with Gasteiger partial charge in [-0.1, -0.05) is 0 Å². The molecule has 0 radical (unpaired) electrons. The number of halogens is 1. The summed E-state index contributed by atoms with van der Waals surface area (Å²) < 4.78 is 15.4. The van der Waals surface area contributed by atoms with E-state index in [1.54, 1.807) is 30.9 Å². The number of nitrogens with zero attached hydrogens (tertiary/aromatic N) is 3. The second-order valence-corrected chi connectivity index (χ2v) is 5.30. The van der Waals surface area contributed by atoms with Crippen molar-refractivity contribution in [2.24, 2.45) is 7.05 Å². The lowest BCUT2D eigenvalue weighted by Gasteiger charge is -2.10. The highest BCUT2D eigenvalue weighted by Gasteiger charge is 2.16. The topological polar surface area (TPSA) is 97.1 Å². The number of hydrogen-bond donors (Lipinski definition) is 2. The van der Waals surface area contributed by atoms with Crippen LogP contribution >= 0.6 is 0 Å². The van der Waals surface area contributed by atoms with Crippen molar-refractivity contribution < 1.29 is 19.1 Å². The second-order valence-electron chi connectivity index (χ2n) is 5.30. The van der Waals surface area contributed by atoms with Gasteiger partial charge in [-0.2, -0.15) is 5.10 Å². The van der Waals surface area contributed by atoms with Crippen molar-refractivity contribution in [3.8, 4) is 0 Å². The standard InChI is InChI=1S/C16H13FN4O3/c1-8-3-10(16(23)24)11(17)5-12(8)20-15(22)9-4-14-13(18-6-9)7-19-21(14)2/h3-7H,1-2H3,(H,20,22)(H,23,24). The number of hydrogen-bond acceptors (Lipinski definition) is 4. The summed E-state index contributed by atoms with van der Waals surface area (Å²) in [6.07, 6.45) is 2.98. The van der Waals surface area contributed by atoms with Crippen molar-refractivity contribution in [2.75, 3.05) is 5.32 Å². The van der Waals surface area contributed by atoms with Crippen LogP contribution in [0.5, 0.6) is 0 Å². The summed E-state index contributed by atoms with van der Waals surface area (Å²) in [5.41, 5.74) is 1.83. The molecule has 1 aromatic carbocycles. The molecule has 0 spiro atoms. The van der Waals surface area contributed by atoms with Gasteiger partial charge in [0.1, 0.15) is 11.3 Å². The predicted octanol–water partition coefficient (Wildman–Crippen LogP) is 2.37. The molecule has 0 atom stereocenters. The maximum absolute atomic E-state index is 13.8. The molecule has 3 aromatic rings. The summed E-state index contributed by atoms with van der Waals surface area (Å²) in [7, 11) is 1.73. The van der Waals surface area contributed by atoms with E-state index in [2.05, 4.69) is 15.4 Å². The molecule has 8 heteroatoms. The molecule has 2 N–H and O–H groups in total. The average molecular weight is 328 g/mol. The van der Waals surface area contributed by atoms with Gasteiger partial charge in [-0.25, -0.2) is 9.18 Å². The number of anilines is 1. The van der Waals surface area contributed by atoms with Gasteiger partial charge in [-0.15, -0.1) is 0 Å². The first-order valence-electron chi connectivity index (χ1n) is 6.99. The van der Waals surface area contributed by atoms with Crippen LogP contribution in [0.15, 0.2) is 30.6 Å². The zero-order valence-electron chi connectivity index (χ0n) is 12.9. The lowest BCUT2D eigenvalue weighted by molar-refractivity contribution is 0.0691. The number of nitrogens with one attached hydrogen (secondary N) is 1. The number of aromatic nitrogens is 3. The third-order valence-electron chi connectivity index (χ3n) is 3.65. The monoisotopic (exact) mass is 328 g/mol. The van der Waals surface area contributed by atoms with Crippen molar-refractivity contribution in [1.82, 2.24) is 14.8 Å². The van der Waals surface area contributed by atoms with Gasteiger partial charge in [0.2, 0.25) is 0 Å². The van der Waals surface area contributed by atoms with Gasteiger partial charge in [0.25, 0.3) is 5.91 Å². The summed E-state index contributed by atoms with van der Waals surface area (Å²) in [4.78, 5) is 27.4. The number of fused-ring (bicyclic) bond motifs is 1. The third-order valence-corrected chi connectivity index (χ3v) is 3.65. The molecule has 1 amide bonds. The van der Waals surface area contributed by atoms with Gasteiger partial charge in [0.05, 0.1) is 22.8 Å². The first-order chi connectivity index (χ1) is 11.4. The highest BCUT2D eigenvalue weighted by molar-refractivity contribution is 6.06. The van der Waals surface area contributed by atoms with E-state index in [0.717, 1.165) is 6.07 Å². The largest absolute Gasteiger partial charge is 0.478 e. The van der Waals surface area contributed by atoms with Crippen LogP contribution in [0.1, 0.15) is 26.3 Å². The molecule has 0 saturated carbocycles. The van der Waals surface area contributed by atoms with Crippen molar-refractivity contribution >= 4 is 28.6 Å². The molecule has 0 fully saturated rings. The molecule has 24 heavy (non-hydrogen) atoms. The summed E-state index contributed by atoms with van der Waals surface area (Å²) in [6.45, 7) is 1.59. The lowest BCUT2D eigenvalue weighted by Crippen LogP contribution is -2.14. The Bertz CT molecular complexity index is 981. The van der Waals surface area contributed by atoms with Crippen LogP contribution in [-0.2, 0) is 7.05 Å². The Morgan fingerprint density at radius 2 is 2.00 bits per heavy atom. The summed E-state index contributed by atoms with van der Waals surface area (Å²) in [5, 5.41) is 15.5. The van der Waals surface area contributed by atoms with Gasteiger partial charge in [0, 0.05) is 18.9 Å². The van der Waals surface area contributed by atoms with Crippen LogP contribution in [0.2, 0.25) is 0 Å². The van der Waals surface area contributed by atoms with Gasteiger partial charge in [0.15, 0.2) is 0 Å². The van der Waals surface area contributed by atoms with E-state index in [-0.39, 0.29) is 11.3 Å². The number of carboxylic acids is 1. The number of amides is 1. The number of benzene rings is 1. The SMILES string of the molecule is Cc1cc(C(=O)O)c(F)cc1NC(=O)c1cnc2cnn(C)c2c1. The Morgan fingerprint density at radius 3 is 2.71 bits per heavy atom. The van der Waals surface area contributed by atoms with Gasteiger partial charge >= 0.3 is 5.97 Å². The predicted molar refractivity (Wildman–Crippen MR) is 84.6 cm³/mol. The summed E-state index contributed by atoms with van der Waals surface area (Å²) in [6, 6.07) is 3.80. The minimum atomic E-state index is -1.36. The molecule has 122 valence electrons. The van der Waals surface area contributed by atoms with E-state index in [9.17, 15) is 14.0 Å². The Balaban J connectivity index is 1.92. The Morgan fingerprint density at radius 1 is 1.25 bits per heavy atom. The fourth-order valence-corrected chi connectivity index (χ4v) is 2.32. The highest BCUT2D eigenvalue weighted by Crippen LogP contribution is 2.21. The number of aryl methyl sites for hydroxylation is 2. The molecule has 2 heterocycles. The Hall–Kier alpha value is -3.29. The number of carboxylic acid groups (broad SMARTS) is 1. The molecule has 0 aliphatic heterocycles. The van der Waals surface area contributed by atoms with E-state index < -0.39 is 23.3 Å². The van der Waals surface area contributed by atoms with E-state index in [1.807, 2.05) is 0 Å². The van der Waals surface area contributed by atoms with E-state index in [0.29, 0.717) is 16.6 Å². The maximum Gasteiger partial charge on any atom is 0.338 e. The van der Waals surface area contributed by atoms with Crippen LogP contribution in [0.3, 0.4) is 0 Å². The van der Waals surface area contributed by atoms with E-state index in [4.69, 9.17) is 5.11 Å². The van der Waals surface area contributed by atoms with Crippen LogP contribution in [0.25, 0.3) is 11.0 Å². The highest BCUT2D eigenvalue weighted by atomic mass is 19.1. The second kappa shape index (κ2) is 5.73. The normalized spacial score (nSPS) is 10.8. The van der Waals surface area contributed by atoms with E-state index >= 15 is 0 Å². The fraction of sp³-hybridized carbons (Fsp3) is 0.125. The zero-order valence-corrected chi connectivity index (χ0v) is 12.9. The number of aromatic carboxylic acids is 1. The average Bonchev–Trinajstić information content (AvgIpc) is 2.91.